The number of thiophene rings is 1. The maximum absolute atomic E-state index is 12.2. The highest BCUT2D eigenvalue weighted by Crippen LogP contribution is 2.15. The molecule has 0 amide bonds. The number of hydrogen-bond acceptors (Lipinski definition) is 4. The molecule has 0 saturated carbocycles. The topological polar surface area (TPSA) is 40.6 Å². The Bertz CT molecular complexity index is 496. The van der Waals surface area contributed by atoms with E-state index in [2.05, 4.69) is 21.7 Å². The van der Waals surface area contributed by atoms with Crippen molar-refractivity contribution in [3.8, 4) is 0 Å². The third-order valence-electron chi connectivity index (χ3n) is 3.47. The molecule has 1 saturated heterocycles. The van der Waals surface area contributed by atoms with Gasteiger partial charge in [0.05, 0.1) is 5.75 Å². The third kappa shape index (κ3) is 4.43. The molecule has 2 rings (SSSR count). The minimum absolute atomic E-state index is 0.00510. The summed E-state index contributed by atoms with van der Waals surface area (Å²) in [6.07, 6.45) is 0. The van der Waals surface area contributed by atoms with Gasteiger partial charge in [-0.3, -0.25) is 4.90 Å². The average molecular weight is 337 g/mol. The van der Waals surface area contributed by atoms with Crippen LogP contribution in [0.25, 0.3) is 0 Å². The van der Waals surface area contributed by atoms with E-state index in [1.807, 2.05) is 6.92 Å². The summed E-state index contributed by atoms with van der Waals surface area (Å²) in [7, 11) is -3.16. The van der Waals surface area contributed by atoms with Crippen LogP contribution in [0.15, 0.2) is 16.8 Å². The average Bonchev–Trinajstić information content (AvgIpc) is 2.91. The largest absolute Gasteiger partial charge is 0.296 e. The lowest BCUT2D eigenvalue weighted by atomic mass is 10.3. The number of sulfonamides is 1. The summed E-state index contributed by atoms with van der Waals surface area (Å²) in [5.41, 5.74) is 1.31. The van der Waals surface area contributed by atoms with E-state index in [4.69, 9.17) is 11.6 Å². The molecule has 0 N–H and O–H groups in total. The van der Waals surface area contributed by atoms with Gasteiger partial charge in [-0.2, -0.15) is 15.6 Å². The lowest BCUT2D eigenvalue weighted by Crippen LogP contribution is -2.49. The highest BCUT2D eigenvalue weighted by Gasteiger charge is 2.28. The Balaban J connectivity index is 1.84. The lowest BCUT2D eigenvalue weighted by Gasteiger charge is -2.34. The summed E-state index contributed by atoms with van der Waals surface area (Å²) in [6.45, 7) is 5.55. The Morgan fingerprint density at radius 2 is 2.05 bits per heavy atom. The van der Waals surface area contributed by atoms with Crippen LogP contribution < -0.4 is 0 Å². The molecule has 1 aromatic rings. The van der Waals surface area contributed by atoms with Crippen LogP contribution in [-0.4, -0.2) is 55.4 Å². The number of rotatable bonds is 6. The van der Waals surface area contributed by atoms with Crippen molar-refractivity contribution >= 4 is 33.0 Å². The maximum Gasteiger partial charge on any atom is 0.214 e. The van der Waals surface area contributed by atoms with Gasteiger partial charge in [0.2, 0.25) is 10.0 Å². The predicted octanol–water partition coefficient (Wildman–Crippen LogP) is 2.07. The molecule has 0 spiro atoms. The highest BCUT2D eigenvalue weighted by atomic mass is 35.5. The van der Waals surface area contributed by atoms with Crippen LogP contribution in [0.3, 0.4) is 0 Å². The van der Waals surface area contributed by atoms with E-state index in [0.29, 0.717) is 19.0 Å². The molecule has 114 valence electrons. The molecule has 1 aromatic heterocycles. The molecular weight excluding hydrogens is 316 g/mol. The van der Waals surface area contributed by atoms with E-state index < -0.39 is 10.0 Å². The van der Waals surface area contributed by atoms with Crippen molar-refractivity contribution in [3.05, 3.63) is 22.4 Å². The first-order valence-electron chi connectivity index (χ1n) is 6.78. The molecule has 0 radical (unpaired) electrons. The van der Waals surface area contributed by atoms with Crippen molar-refractivity contribution in [2.45, 2.75) is 13.5 Å². The normalized spacial score (nSPS) is 20.1. The van der Waals surface area contributed by atoms with Gasteiger partial charge in [-0.15, -0.1) is 11.6 Å². The van der Waals surface area contributed by atoms with Crippen molar-refractivity contribution in [1.82, 2.24) is 9.21 Å². The number of halogens is 1. The number of hydrogen-bond donors (Lipinski definition) is 0. The fourth-order valence-corrected chi connectivity index (χ4v) is 4.98. The van der Waals surface area contributed by atoms with Crippen LogP contribution in [0.1, 0.15) is 12.5 Å². The standard InChI is InChI=1S/C13H21ClN2O2S2/c1-12(8-14)11-20(17,18)16-5-3-15(4-6-16)9-13-2-7-19-10-13/h2,7,10,12H,3-6,8-9,11H2,1H3. The molecule has 0 aliphatic carbocycles. The molecule has 1 atom stereocenters. The van der Waals surface area contributed by atoms with Gasteiger partial charge in [0.1, 0.15) is 0 Å². The summed E-state index contributed by atoms with van der Waals surface area (Å²) in [6, 6.07) is 2.12. The number of nitrogens with zero attached hydrogens (tertiary/aromatic N) is 2. The third-order valence-corrected chi connectivity index (χ3v) is 6.87. The van der Waals surface area contributed by atoms with E-state index in [1.54, 1.807) is 15.6 Å². The fraction of sp³-hybridized carbons (Fsp3) is 0.692. The van der Waals surface area contributed by atoms with Gasteiger partial charge in [0.15, 0.2) is 0 Å². The van der Waals surface area contributed by atoms with Gasteiger partial charge in [0.25, 0.3) is 0 Å². The monoisotopic (exact) mass is 336 g/mol. The van der Waals surface area contributed by atoms with Crippen molar-refractivity contribution in [3.63, 3.8) is 0 Å². The van der Waals surface area contributed by atoms with Crippen LogP contribution in [0.4, 0.5) is 0 Å². The van der Waals surface area contributed by atoms with Crippen LogP contribution in [0, 0.1) is 5.92 Å². The second-order valence-electron chi connectivity index (χ2n) is 5.34. The van der Waals surface area contributed by atoms with E-state index in [1.165, 1.54) is 5.56 Å². The molecule has 2 heterocycles. The van der Waals surface area contributed by atoms with E-state index in [-0.39, 0.29) is 11.7 Å². The van der Waals surface area contributed by atoms with Crippen molar-refractivity contribution < 1.29 is 8.42 Å². The van der Waals surface area contributed by atoms with E-state index >= 15 is 0 Å². The summed E-state index contributed by atoms with van der Waals surface area (Å²) in [4.78, 5) is 2.30. The second-order valence-corrected chi connectivity index (χ2v) is 8.45. The van der Waals surface area contributed by atoms with Gasteiger partial charge < -0.3 is 0 Å². The Kier molecular flexibility index (Phi) is 5.86. The Morgan fingerprint density at radius 3 is 2.60 bits per heavy atom. The lowest BCUT2D eigenvalue weighted by molar-refractivity contribution is 0.181. The molecule has 7 heteroatoms. The first kappa shape index (κ1) is 16.2. The van der Waals surface area contributed by atoms with Crippen LogP contribution >= 0.6 is 22.9 Å². The number of alkyl halides is 1. The van der Waals surface area contributed by atoms with Gasteiger partial charge in [-0.25, -0.2) is 8.42 Å². The van der Waals surface area contributed by atoms with Crippen molar-refractivity contribution in [2.24, 2.45) is 5.92 Å². The smallest absolute Gasteiger partial charge is 0.214 e. The molecule has 20 heavy (non-hydrogen) atoms. The zero-order valence-electron chi connectivity index (χ0n) is 11.7. The molecule has 1 aliphatic heterocycles. The van der Waals surface area contributed by atoms with Crippen LogP contribution in [-0.2, 0) is 16.6 Å². The Labute approximate surface area is 130 Å². The van der Waals surface area contributed by atoms with E-state index in [9.17, 15) is 8.42 Å². The van der Waals surface area contributed by atoms with Gasteiger partial charge in [-0.1, -0.05) is 6.92 Å². The van der Waals surface area contributed by atoms with Gasteiger partial charge >= 0.3 is 0 Å². The molecule has 0 aromatic carbocycles. The minimum Gasteiger partial charge on any atom is -0.296 e. The molecule has 0 bridgehead atoms. The minimum atomic E-state index is -3.16. The Morgan fingerprint density at radius 1 is 1.35 bits per heavy atom. The van der Waals surface area contributed by atoms with Gasteiger partial charge in [0, 0.05) is 38.6 Å². The van der Waals surface area contributed by atoms with Crippen molar-refractivity contribution in [2.75, 3.05) is 37.8 Å². The first-order valence-corrected chi connectivity index (χ1v) is 9.87. The summed E-state index contributed by atoms with van der Waals surface area (Å²) < 4.78 is 26.1. The Hall–Kier alpha value is -0.140. The zero-order valence-corrected chi connectivity index (χ0v) is 14.1. The maximum atomic E-state index is 12.2. The fourth-order valence-electron chi connectivity index (χ4n) is 2.32. The first-order chi connectivity index (χ1) is 9.51. The molecule has 1 unspecified atom stereocenters. The molecular formula is C13H21ClN2O2S2. The predicted molar refractivity (Wildman–Crippen MR) is 84.8 cm³/mol. The molecule has 1 aliphatic rings. The quantitative estimate of drug-likeness (QED) is 0.747. The summed E-state index contributed by atoms with van der Waals surface area (Å²) in [5.74, 6) is 0.545. The van der Waals surface area contributed by atoms with E-state index in [0.717, 1.165) is 19.6 Å². The van der Waals surface area contributed by atoms with Crippen LogP contribution in [0.2, 0.25) is 0 Å². The summed E-state index contributed by atoms with van der Waals surface area (Å²) >= 11 is 7.41. The molecule has 1 fully saturated rings. The highest BCUT2D eigenvalue weighted by molar-refractivity contribution is 7.89. The summed E-state index contributed by atoms with van der Waals surface area (Å²) in [5, 5.41) is 4.22. The zero-order chi connectivity index (χ0) is 14.6. The van der Waals surface area contributed by atoms with Crippen LogP contribution in [0.5, 0.6) is 0 Å². The number of piperazine rings is 1. The SMILES string of the molecule is CC(CCl)CS(=O)(=O)N1CCN(Cc2ccsc2)CC1. The van der Waals surface area contributed by atoms with Gasteiger partial charge in [-0.05, 0) is 28.3 Å². The van der Waals surface area contributed by atoms with Crippen molar-refractivity contribution in [1.29, 1.82) is 0 Å². The second kappa shape index (κ2) is 7.22. The molecule has 4 nitrogen and oxygen atoms in total.